The third kappa shape index (κ3) is 5.82. The molecule has 35 heavy (non-hydrogen) atoms. The van der Waals surface area contributed by atoms with Gasteiger partial charge in [0.15, 0.2) is 22.5 Å². The highest BCUT2D eigenvalue weighted by atomic mass is 35.5. The van der Waals surface area contributed by atoms with Crippen LogP contribution in [0, 0.1) is 0 Å². The van der Waals surface area contributed by atoms with E-state index in [0.29, 0.717) is 33.1 Å². The Labute approximate surface area is 211 Å². The van der Waals surface area contributed by atoms with Gasteiger partial charge in [-0.15, -0.1) is 10.2 Å². The highest BCUT2D eigenvalue weighted by Gasteiger charge is 2.17. The van der Waals surface area contributed by atoms with Gasteiger partial charge in [-0.2, -0.15) is 5.10 Å². The molecule has 4 rings (SSSR count). The normalized spacial score (nSPS) is 10.9. The van der Waals surface area contributed by atoms with Gasteiger partial charge in [0.25, 0.3) is 5.91 Å². The summed E-state index contributed by atoms with van der Waals surface area (Å²) in [7, 11) is 3.11. The smallest absolute Gasteiger partial charge is 0.250 e. The highest BCUT2D eigenvalue weighted by molar-refractivity contribution is 7.99. The van der Waals surface area contributed by atoms with Crippen LogP contribution in [0.2, 0.25) is 5.02 Å². The summed E-state index contributed by atoms with van der Waals surface area (Å²) in [5, 5.41) is 14.0. The summed E-state index contributed by atoms with van der Waals surface area (Å²) in [6.45, 7) is 0. The SMILES string of the molecule is COc1cccc(/C=N/NC(=O)CSc2nnc(-c3ccc(Cl)cc3)n2-c2ccccc2)c1OC. The van der Waals surface area contributed by atoms with E-state index in [2.05, 4.69) is 20.7 Å². The first-order valence-corrected chi connectivity index (χ1v) is 11.9. The first kappa shape index (κ1) is 24.3. The molecule has 1 amide bonds. The van der Waals surface area contributed by atoms with Crippen LogP contribution in [-0.4, -0.2) is 46.9 Å². The summed E-state index contributed by atoms with van der Waals surface area (Å²) in [5.74, 6) is 1.57. The van der Waals surface area contributed by atoms with Gasteiger partial charge in [0.1, 0.15) is 0 Å². The Hall–Kier alpha value is -3.82. The van der Waals surface area contributed by atoms with E-state index in [1.165, 1.54) is 18.0 Å². The molecule has 0 aliphatic carbocycles. The molecule has 3 aromatic carbocycles. The first-order valence-electron chi connectivity index (χ1n) is 10.5. The number of rotatable bonds is 9. The first-order chi connectivity index (χ1) is 17.1. The van der Waals surface area contributed by atoms with Crippen molar-refractivity contribution in [2.45, 2.75) is 5.16 Å². The fourth-order valence-electron chi connectivity index (χ4n) is 3.31. The lowest BCUT2D eigenvalue weighted by atomic mass is 10.2. The van der Waals surface area contributed by atoms with Crippen LogP contribution in [0.4, 0.5) is 0 Å². The molecule has 4 aromatic rings. The molecule has 0 unspecified atom stereocenters. The number of methoxy groups -OCH3 is 2. The van der Waals surface area contributed by atoms with Crippen molar-refractivity contribution in [1.82, 2.24) is 20.2 Å². The van der Waals surface area contributed by atoms with Crippen molar-refractivity contribution in [3.63, 3.8) is 0 Å². The monoisotopic (exact) mass is 507 g/mol. The van der Waals surface area contributed by atoms with Crippen LogP contribution >= 0.6 is 23.4 Å². The van der Waals surface area contributed by atoms with E-state index >= 15 is 0 Å². The van der Waals surface area contributed by atoms with E-state index in [9.17, 15) is 4.79 Å². The number of thioether (sulfide) groups is 1. The van der Waals surface area contributed by atoms with Gasteiger partial charge in [0.05, 0.1) is 26.2 Å². The Balaban J connectivity index is 1.49. The molecule has 10 heteroatoms. The topological polar surface area (TPSA) is 90.6 Å². The van der Waals surface area contributed by atoms with Crippen LogP contribution in [-0.2, 0) is 4.79 Å². The Bertz CT molecular complexity index is 1330. The lowest BCUT2D eigenvalue weighted by Crippen LogP contribution is -2.20. The molecule has 0 radical (unpaired) electrons. The summed E-state index contributed by atoms with van der Waals surface area (Å²) < 4.78 is 12.6. The number of carbonyl (C=O) groups excluding carboxylic acids is 1. The molecule has 0 aliphatic heterocycles. The molecule has 1 N–H and O–H groups in total. The van der Waals surface area contributed by atoms with Crippen molar-refractivity contribution in [3.8, 4) is 28.6 Å². The molecule has 0 saturated carbocycles. The van der Waals surface area contributed by atoms with E-state index < -0.39 is 0 Å². The van der Waals surface area contributed by atoms with Crippen molar-refractivity contribution in [2.75, 3.05) is 20.0 Å². The number of halogens is 1. The van der Waals surface area contributed by atoms with Crippen LogP contribution in [0.5, 0.6) is 11.5 Å². The van der Waals surface area contributed by atoms with E-state index in [1.54, 1.807) is 32.4 Å². The number of para-hydroxylation sites is 2. The number of hydrogen-bond acceptors (Lipinski definition) is 7. The number of nitrogens with one attached hydrogen (secondary N) is 1. The van der Waals surface area contributed by atoms with Gasteiger partial charge in [0, 0.05) is 21.8 Å². The van der Waals surface area contributed by atoms with Crippen molar-refractivity contribution in [1.29, 1.82) is 0 Å². The van der Waals surface area contributed by atoms with E-state index in [4.69, 9.17) is 21.1 Å². The number of hydrogen-bond donors (Lipinski definition) is 1. The van der Waals surface area contributed by atoms with Crippen molar-refractivity contribution in [2.24, 2.45) is 5.10 Å². The Morgan fingerprint density at radius 1 is 1.03 bits per heavy atom. The Kier molecular flexibility index (Phi) is 8.02. The molecule has 0 saturated heterocycles. The summed E-state index contributed by atoms with van der Waals surface area (Å²) in [6, 6.07) is 22.5. The number of nitrogens with zero attached hydrogens (tertiary/aromatic N) is 4. The molecule has 0 bridgehead atoms. The minimum atomic E-state index is -0.288. The zero-order chi connectivity index (χ0) is 24.6. The average molecular weight is 508 g/mol. The maximum Gasteiger partial charge on any atom is 0.250 e. The molecule has 0 spiro atoms. The lowest BCUT2D eigenvalue weighted by Gasteiger charge is -2.10. The van der Waals surface area contributed by atoms with Crippen LogP contribution in [0.1, 0.15) is 5.56 Å². The fraction of sp³-hybridized carbons (Fsp3) is 0.120. The second kappa shape index (κ2) is 11.5. The zero-order valence-electron chi connectivity index (χ0n) is 19.0. The lowest BCUT2D eigenvalue weighted by molar-refractivity contribution is -0.118. The summed E-state index contributed by atoms with van der Waals surface area (Å²) in [5.41, 5.74) is 4.96. The maximum atomic E-state index is 12.5. The second-order valence-electron chi connectivity index (χ2n) is 7.15. The molecule has 8 nitrogen and oxygen atoms in total. The van der Waals surface area contributed by atoms with Crippen LogP contribution in [0.25, 0.3) is 17.1 Å². The Morgan fingerprint density at radius 2 is 1.80 bits per heavy atom. The number of amides is 1. The molecule has 0 fully saturated rings. The van der Waals surface area contributed by atoms with Gasteiger partial charge in [0.2, 0.25) is 0 Å². The predicted molar refractivity (Wildman–Crippen MR) is 138 cm³/mol. The van der Waals surface area contributed by atoms with Crippen LogP contribution in [0.15, 0.2) is 83.1 Å². The zero-order valence-corrected chi connectivity index (χ0v) is 20.6. The maximum absolute atomic E-state index is 12.5. The van der Waals surface area contributed by atoms with Gasteiger partial charge in [-0.05, 0) is 48.5 Å². The van der Waals surface area contributed by atoms with Crippen molar-refractivity contribution >= 4 is 35.5 Å². The van der Waals surface area contributed by atoms with E-state index in [-0.39, 0.29) is 11.7 Å². The molecule has 1 aromatic heterocycles. The molecular weight excluding hydrogens is 486 g/mol. The molecule has 1 heterocycles. The van der Waals surface area contributed by atoms with Crippen molar-refractivity contribution in [3.05, 3.63) is 83.4 Å². The van der Waals surface area contributed by atoms with Gasteiger partial charge in [-0.3, -0.25) is 9.36 Å². The molecular formula is C25H22ClN5O3S. The van der Waals surface area contributed by atoms with Gasteiger partial charge in [-0.1, -0.05) is 47.6 Å². The second-order valence-corrected chi connectivity index (χ2v) is 8.53. The third-order valence-electron chi connectivity index (χ3n) is 4.91. The highest BCUT2D eigenvalue weighted by Crippen LogP contribution is 2.30. The minimum absolute atomic E-state index is 0.0954. The van der Waals surface area contributed by atoms with Gasteiger partial charge < -0.3 is 9.47 Å². The van der Waals surface area contributed by atoms with E-state index in [0.717, 1.165) is 11.3 Å². The molecule has 178 valence electrons. The number of hydrazone groups is 1. The van der Waals surface area contributed by atoms with Crippen LogP contribution in [0.3, 0.4) is 0 Å². The largest absolute Gasteiger partial charge is 0.493 e. The van der Waals surface area contributed by atoms with Gasteiger partial charge in [-0.25, -0.2) is 5.43 Å². The minimum Gasteiger partial charge on any atom is -0.493 e. The average Bonchev–Trinajstić information content (AvgIpc) is 3.32. The Morgan fingerprint density at radius 3 is 2.51 bits per heavy atom. The summed E-state index contributed by atoms with van der Waals surface area (Å²) in [6.07, 6.45) is 1.51. The quantitative estimate of drug-likeness (QED) is 0.198. The standard InChI is InChI=1S/C25H22ClN5O3S/c1-33-21-10-6-7-18(23(21)34-2)15-27-28-22(32)16-35-25-30-29-24(17-11-13-19(26)14-12-17)31(25)20-8-4-3-5-9-20/h3-15H,16H2,1-2H3,(H,28,32)/b27-15+. The number of benzene rings is 3. The predicted octanol–water partition coefficient (Wildman–Crippen LogP) is 4.85. The third-order valence-corrected chi connectivity index (χ3v) is 6.09. The summed E-state index contributed by atoms with van der Waals surface area (Å²) >= 11 is 7.30. The molecule has 0 aliphatic rings. The van der Waals surface area contributed by atoms with Crippen molar-refractivity contribution < 1.29 is 14.3 Å². The van der Waals surface area contributed by atoms with Gasteiger partial charge >= 0.3 is 0 Å². The number of aromatic nitrogens is 3. The fourth-order valence-corrected chi connectivity index (χ4v) is 4.18. The van der Waals surface area contributed by atoms with Crippen LogP contribution < -0.4 is 14.9 Å². The number of carbonyl (C=O) groups is 1. The summed E-state index contributed by atoms with van der Waals surface area (Å²) in [4.78, 5) is 12.5. The van der Waals surface area contributed by atoms with E-state index in [1.807, 2.05) is 59.2 Å². The molecule has 0 atom stereocenters. The number of ether oxygens (including phenoxy) is 2.